The summed E-state index contributed by atoms with van der Waals surface area (Å²) in [6, 6.07) is 0.152. The molecule has 6 heteroatoms. The van der Waals surface area contributed by atoms with E-state index in [9.17, 15) is 9.59 Å². The van der Waals surface area contributed by atoms with E-state index in [1.807, 2.05) is 6.92 Å². The van der Waals surface area contributed by atoms with Gasteiger partial charge in [-0.3, -0.25) is 4.79 Å². The second-order valence-electron chi connectivity index (χ2n) is 4.96. The third-order valence-corrected chi connectivity index (χ3v) is 3.22. The maximum absolute atomic E-state index is 11.9. The lowest BCUT2D eigenvalue weighted by atomic mass is 10.1. The summed E-state index contributed by atoms with van der Waals surface area (Å²) in [5.74, 6) is -0.793. The number of urea groups is 1. The minimum absolute atomic E-state index is 0.00690. The predicted molar refractivity (Wildman–Crippen MR) is 68.3 cm³/mol. The number of likely N-dealkylation sites (tertiary alicyclic amines) is 1. The highest BCUT2D eigenvalue weighted by Crippen LogP contribution is 2.09. The number of nitrogens with zero attached hydrogens (tertiary/aromatic N) is 1. The Balaban J connectivity index is 2.20. The fraction of sp³-hybridized carbons (Fsp3) is 0.833. The summed E-state index contributed by atoms with van der Waals surface area (Å²) in [6.45, 7) is 3.30. The van der Waals surface area contributed by atoms with Gasteiger partial charge in [0, 0.05) is 31.6 Å². The quantitative estimate of drug-likeness (QED) is 0.677. The largest absolute Gasteiger partial charge is 0.481 e. The van der Waals surface area contributed by atoms with Crippen LogP contribution in [-0.2, 0) is 4.79 Å². The first kappa shape index (κ1) is 14.8. The smallest absolute Gasteiger partial charge is 0.317 e. The molecule has 0 aliphatic carbocycles. The second-order valence-corrected chi connectivity index (χ2v) is 4.96. The van der Waals surface area contributed by atoms with Gasteiger partial charge in [0.1, 0.15) is 0 Å². The van der Waals surface area contributed by atoms with Gasteiger partial charge in [-0.15, -0.1) is 0 Å². The van der Waals surface area contributed by atoms with Crippen LogP contribution in [-0.4, -0.2) is 47.2 Å². The van der Waals surface area contributed by atoms with E-state index in [0.717, 1.165) is 12.8 Å². The summed E-state index contributed by atoms with van der Waals surface area (Å²) < 4.78 is 0. The summed E-state index contributed by atoms with van der Waals surface area (Å²) in [6.07, 6.45) is 3.12. The Hall–Kier alpha value is -1.30. The molecule has 104 valence electrons. The molecule has 0 aromatic rings. The number of hydrogen-bond acceptors (Lipinski definition) is 3. The van der Waals surface area contributed by atoms with Crippen molar-refractivity contribution in [3.05, 3.63) is 0 Å². The maximum atomic E-state index is 11.9. The van der Waals surface area contributed by atoms with Gasteiger partial charge in [0.05, 0.1) is 0 Å². The van der Waals surface area contributed by atoms with Crippen molar-refractivity contribution >= 4 is 12.0 Å². The Morgan fingerprint density at radius 1 is 1.44 bits per heavy atom. The summed E-state index contributed by atoms with van der Waals surface area (Å²) in [7, 11) is 0. The molecule has 1 aliphatic heterocycles. The number of amides is 2. The van der Waals surface area contributed by atoms with Crippen LogP contribution in [0.4, 0.5) is 4.79 Å². The molecular weight excluding hydrogens is 234 g/mol. The van der Waals surface area contributed by atoms with Gasteiger partial charge < -0.3 is 21.1 Å². The molecule has 1 unspecified atom stereocenters. The van der Waals surface area contributed by atoms with Crippen LogP contribution in [0.5, 0.6) is 0 Å². The topological polar surface area (TPSA) is 95.7 Å². The Bertz CT molecular complexity index is 288. The average Bonchev–Trinajstić information content (AvgIpc) is 2.29. The van der Waals surface area contributed by atoms with Gasteiger partial charge in [-0.05, 0) is 32.6 Å². The Morgan fingerprint density at radius 3 is 2.61 bits per heavy atom. The number of carboxylic acids is 1. The summed E-state index contributed by atoms with van der Waals surface area (Å²) in [5.41, 5.74) is 5.78. The zero-order valence-corrected chi connectivity index (χ0v) is 10.9. The van der Waals surface area contributed by atoms with Crippen molar-refractivity contribution in [3.63, 3.8) is 0 Å². The first-order valence-corrected chi connectivity index (χ1v) is 6.52. The zero-order chi connectivity index (χ0) is 13.5. The standard InChI is InChI=1S/C12H23N3O3/c1-9(3-2-4-11(16)17)14-12(18)15-7-5-10(13)6-8-15/h9-10H,2-8,13H2,1H3,(H,14,18)(H,16,17). The number of hydrogen-bond donors (Lipinski definition) is 3. The fourth-order valence-electron chi connectivity index (χ4n) is 2.04. The summed E-state index contributed by atoms with van der Waals surface area (Å²) in [4.78, 5) is 24.0. The van der Waals surface area contributed by atoms with E-state index >= 15 is 0 Å². The number of nitrogens with one attached hydrogen (secondary N) is 1. The molecule has 0 radical (unpaired) electrons. The van der Waals surface area contributed by atoms with Crippen molar-refractivity contribution in [2.75, 3.05) is 13.1 Å². The minimum atomic E-state index is -0.793. The van der Waals surface area contributed by atoms with E-state index in [4.69, 9.17) is 10.8 Å². The molecule has 0 saturated carbocycles. The molecule has 1 heterocycles. The molecule has 1 aliphatic rings. The van der Waals surface area contributed by atoms with Gasteiger partial charge in [-0.1, -0.05) is 0 Å². The van der Waals surface area contributed by atoms with Crippen molar-refractivity contribution in [3.8, 4) is 0 Å². The molecule has 18 heavy (non-hydrogen) atoms. The van der Waals surface area contributed by atoms with E-state index in [2.05, 4.69) is 5.32 Å². The van der Waals surface area contributed by atoms with E-state index in [0.29, 0.717) is 25.9 Å². The summed E-state index contributed by atoms with van der Waals surface area (Å²) >= 11 is 0. The van der Waals surface area contributed by atoms with E-state index < -0.39 is 5.97 Å². The second kappa shape index (κ2) is 7.20. The highest BCUT2D eigenvalue weighted by molar-refractivity contribution is 5.74. The van der Waals surface area contributed by atoms with Crippen LogP contribution in [0, 0.1) is 0 Å². The Kier molecular flexibility index (Phi) is 5.91. The first-order valence-electron chi connectivity index (χ1n) is 6.52. The molecule has 6 nitrogen and oxygen atoms in total. The molecule has 0 aromatic heterocycles. The Labute approximate surface area is 108 Å². The summed E-state index contributed by atoms with van der Waals surface area (Å²) in [5, 5.41) is 11.4. The molecule has 1 atom stereocenters. The molecule has 2 amide bonds. The van der Waals surface area contributed by atoms with Crippen LogP contribution >= 0.6 is 0 Å². The lowest BCUT2D eigenvalue weighted by Crippen LogP contribution is -2.49. The third kappa shape index (κ3) is 5.35. The van der Waals surface area contributed by atoms with Crippen LogP contribution in [0.1, 0.15) is 39.0 Å². The van der Waals surface area contributed by atoms with Crippen molar-refractivity contribution < 1.29 is 14.7 Å². The number of carbonyl (C=O) groups excluding carboxylic acids is 1. The first-order chi connectivity index (χ1) is 8.49. The van der Waals surface area contributed by atoms with Crippen molar-refractivity contribution in [1.82, 2.24) is 10.2 Å². The normalized spacial score (nSPS) is 18.4. The monoisotopic (exact) mass is 257 g/mol. The lowest BCUT2D eigenvalue weighted by molar-refractivity contribution is -0.137. The number of carbonyl (C=O) groups is 2. The average molecular weight is 257 g/mol. The fourth-order valence-corrected chi connectivity index (χ4v) is 2.04. The molecule has 4 N–H and O–H groups in total. The SMILES string of the molecule is CC(CCCC(=O)O)NC(=O)N1CCC(N)CC1. The molecule has 1 saturated heterocycles. The maximum Gasteiger partial charge on any atom is 0.317 e. The van der Waals surface area contributed by atoms with Crippen LogP contribution in [0.25, 0.3) is 0 Å². The third-order valence-electron chi connectivity index (χ3n) is 3.22. The predicted octanol–water partition coefficient (Wildman–Crippen LogP) is 0.763. The number of rotatable bonds is 5. The minimum Gasteiger partial charge on any atom is -0.481 e. The number of aliphatic carboxylic acids is 1. The van der Waals surface area contributed by atoms with E-state index in [1.165, 1.54) is 0 Å². The molecule has 0 bridgehead atoms. The van der Waals surface area contributed by atoms with Gasteiger partial charge >= 0.3 is 12.0 Å². The van der Waals surface area contributed by atoms with Gasteiger partial charge in [0.25, 0.3) is 0 Å². The molecular formula is C12H23N3O3. The Morgan fingerprint density at radius 2 is 2.06 bits per heavy atom. The van der Waals surface area contributed by atoms with Crippen molar-refractivity contribution in [2.24, 2.45) is 5.73 Å². The molecule has 1 fully saturated rings. The van der Waals surface area contributed by atoms with Crippen LogP contribution < -0.4 is 11.1 Å². The van der Waals surface area contributed by atoms with Gasteiger partial charge in [0.2, 0.25) is 0 Å². The zero-order valence-electron chi connectivity index (χ0n) is 10.9. The van der Waals surface area contributed by atoms with E-state index in [1.54, 1.807) is 4.90 Å². The van der Waals surface area contributed by atoms with Crippen LogP contribution in [0.2, 0.25) is 0 Å². The van der Waals surface area contributed by atoms with Gasteiger partial charge in [-0.25, -0.2) is 4.79 Å². The molecule has 0 aromatic carbocycles. The number of nitrogens with two attached hydrogens (primary N) is 1. The van der Waals surface area contributed by atoms with Crippen LogP contribution in [0.15, 0.2) is 0 Å². The molecule has 0 spiro atoms. The van der Waals surface area contributed by atoms with Crippen LogP contribution in [0.3, 0.4) is 0 Å². The molecule has 1 rings (SSSR count). The van der Waals surface area contributed by atoms with Crippen molar-refractivity contribution in [2.45, 2.75) is 51.1 Å². The van der Waals surface area contributed by atoms with Crippen molar-refractivity contribution in [1.29, 1.82) is 0 Å². The highest BCUT2D eigenvalue weighted by Gasteiger charge is 2.21. The van der Waals surface area contributed by atoms with E-state index in [-0.39, 0.29) is 24.5 Å². The number of carboxylic acid groups (broad SMARTS) is 1. The lowest BCUT2D eigenvalue weighted by Gasteiger charge is -2.31. The van der Waals surface area contributed by atoms with Gasteiger partial charge in [-0.2, -0.15) is 0 Å². The number of piperidine rings is 1. The van der Waals surface area contributed by atoms with Gasteiger partial charge in [0.15, 0.2) is 0 Å². The highest BCUT2D eigenvalue weighted by atomic mass is 16.4.